The summed E-state index contributed by atoms with van der Waals surface area (Å²) in [4.78, 5) is 0. The third-order valence-electron chi connectivity index (χ3n) is 2.84. The van der Waals surface area contributed by atoms with Gasteiger partial charge in [-0.05, 0) is 58.0 Å². The van der Waals surface area contributed by atoms with Crippen molar-refractivity contribution in [2.24, 2.45) is 5.10 Å². The standard InChI is InChI=1S/C14H11IN2/c15-13-5-7-14(8-6-13)17-10-12-4-2-1-3-11(12)9-16-17/h1-9H,10H2. The second-order valence-corrected chi connectivity index (χ2v) is 5.22. The first kappa shape index (κ1) is 10.8. The van der Waals surface area contributed by atoms with Crippen LogP contribution in [0.5, 0.6) is 0 Å². The van der Waals surface area contributed by atoms with E-state index < -0.39 is 0 Å². The minimum Gasteiger partial charge on any atom is -0.261 e. The molecule has 3 rings (SSSR count). The molecule has 3 heteroatoms. The zero-order valence-corrected chi connectivity index (χ0v) is 11.3. The largest absolute Gasteiger partial charge is 0.261 e. The average molecular weight is 334 g/mol. The normalized spacial score (nSPS) is 13.6. The fourth-order valence-electron chi connectivity index (χ4n) is 1.91. The molecule has 1 aliphatic rings. The maximum absolute atomic E-state index is 4.48. The van der Waals surface area contributed by atoms with Gasteiger partial charge in [0.1, 0.15) is 0 Å². The highest BCUT2D eigenvalue weighted by atomic mass is 127. The zero-order chi connectivity index (χ0) is 11.7. The lowest BCUT2D eigenvalue weighted by atomic mass is 10.1. The van der Waals surface area contributed by atoms with Crippen LogP contribution in [0.15, 0.2) is 53.6 Å². The van der Waals surface area contributed by atoms with Crippen molar-refractivity contribution < 1.29 is 0 Å². The van der Waals surface area contributed by atoms with Crippen molar-refractivity contribution in [2.45, 2.75) is 6.54 Å². The average Bonchev–Trinajstić information content (AvgIpc) is 2.39. The third-order valence-corrected chi connectivity index (χ3v) is 3.56. The van der Waals surface area contributed by atoms with Crippen LogP contribution >= 0.6 is 22.6 Å². The Kier molecular flexibility index (Phi) is 2.84. The Hall–Kier alpha value is -1.36. The SMILES string of the molecule is Ic1ccc(N2Cc3ccccc3C=N2)cc1. The summed E-state index contributed by atoms with van der Waals surface area (Å²) in [6.45, 7) is 0.841. The van der Waals surface area contributed by atoms with E-state index in [4.69, 9.17) is 0 Å². The fraction of sp³-hybridized carbons (Fsp3) is 0.0714. The number of fused-ring (bicyclic) bond motifs is 1. The Morgan fingerprint density at radius 1 is 1.00 bits per heavy atom. The summed E-state index contributed by atoms with van der Waals surface area (Å²) in [5.41, 5.74) is 3.67. The predicted octanol–water partition coefficient (Wildman–Crippen LogP) is 3.65. The number of hydrazone groups is 1. The van der Waals surface area contributed by atoms with Crippen molar-refractivity contribution in [1.29, 1.82) is 0 Å². The molecule has 0 N–H and O–H groups in total. The maximum atomic E-state index is 4.48. The zero-order valence-electron chi connectivity index (χ0n) is 9.18. The molecule has 2 aromatic rings. The molecule has 2 nitrogen and oxygen atoms in total. The Bertz CT molecular complexity index is 561. The van der Waals surface area contributed by atoms with Crippen LogP contribution in [0.4, 0.5) is 5.69 Å². The number of rotatable bonds is 1. The van der Waals surface area contributed by atoms with Crippen LogP contribution in [0, 0.1) is 3.57 Å². The van der Waals surface area contributed by atoms with Gasteiger partial charge in [0.15, 0.2) is 0 Å². The highest BCUT2D eigenvalue weighted by molar-refractivity contribution is 14.1. The van der Waals surface area contributed by atoms with E-state index in [0.717, 1.165) is 12.2 Å². The van der Waals surface area contributed by atoms with Gasteiger partial charge in [-0.15, -0.1) is 0 Å². The van der Waals surface area contributed by atoms with Crippen LogP contribution in [0.25, 0.3) is 0 Å². The first-order valence-electron chi connectivity index (χ1n) is 5.48. The minimum absolute atomic E-state index is 0.841. The van der Waals surface area contributed by atoms with Gasteiger partial charge >= 0.3 is 0 Å². The van der Waals surface area contributed by atoms with Crippen molar-refractivity contribution in [3.63, 3.8) is 0 Å². The quantitative estimate of drug-likeness (QED) is 0.727. The summed E-state index contributed by atoms with van der Waals surface area (Å²) < 4.78 is 1.24. The topological polar surface area (TPSA) is 15.6 Å². The fourth-order valence-corrected chi connectivity index (χ4v) is 2.27. The number of hydrogen-bond acceptors (Lipinski definition) is 2. The molecule has 0 radical (unpaired) electrons. The second-order valence-electron chi connectivity index (χ2n) is 3.98. The van der Waals surface area contributed by atoms with E-state index in [2.05, 4.69) is 70.2 Å². The van der Waals surface area contributed by atoms with E-state index in [0.29, 0.717) is 0 Å². The molecule has 0 fully saturated rings. The molecule has 0 atom stereocenters. The van der Waals surface area contributed by atoms with Crippen LogP contribution in [-0.2, 0) is 6.54 Å². The highest BCUT2D eigenvalue weighted by Gasteiger charge is 2.12. The van der Waals surface area contributed by atoms with Crippen molar-refractivity contribution >= 4 is 34.5 Å². The van der Waals surface area contributed by atoms with Crippen LogP contribution in [-0.4, -0.2) is 6.21 Å². The van der Waals surface area contributed by atoms with Gasteiger partial charge in [-0.3, -0.25) is 5.01 Å². The molecule has 84 valence electrons. The molecule has 0 aromatic heterocycles. The molecular weight excluding hydrogens is 323 g/mol. The molecule has 0 saturated heterocycles. The Labute approximate surface area is 114 Å². The van der Waals surface area contributed by atoms with Gasteiger partial charge in [-0.25, -0.2) is 0 Å². The number of hydrogen-bond donors (Lipinski definition) is 0. The van der Waals surface area contributed by atoms with Gasteiger partial charge in [0.2, 0.25) is 0 Å². The lowest BCUT2D eigenvalue weighted by molar-refractivity contribution is 0.843. The Morgan fingerprint density at radius 3 is 2.59 bits per heavy atom. The first-order valence-corrected chi connectivity index (χ1v) is 6.56. The molecule has 0 saturated carbocycles. The number of anilines is 1. The molecule has 1 aliphatic heterocycles. The van der Waals surface area contributed by atoms with Crippen LogP contribution in [0.3, 0.4) is 0 Å². The molecule has 0 unspecified atom stereocenters. The second kappa shape index (κ2) is 4.49. The Balaban J connectivity index is 1.92. The van der Waals surface area contributed by atoms with Gasteiger partial charge in [-0.1, -0.05) is 24.3 Å². The van der Waals surface area contributed by atoms with Gasteiger partial charge < -0.3 is 0 Å². The van der Waals surface area contributed by atoms with Crippen molar-refractivity contribution in [2.75, 3.05) is 5.01 Å². The summed E-state index contributed by atoms with van der Waals surface area (Å²) in [5, 5.41) is 6.50. The monoisotopic (exact) mass is 334 g/mol. The van der Waals surface area contributed by atoms with Crippen molar-refractivity contribution in [1.82, 2.24) is 0 Å². The summed E-state index contributed by atoms with van der Waals surface area (Å²) in [6.07, 6.45) is 1.93. The summed E-state index contributed by atoms with van der Waals surface area (Å²) in [6, 6.07) is 16.8. The minimum atomic E-state index is 0.841. The molecule has 1 heterocycles. The number of benzene rings is 2. The molecule has 2 aromatic carbocycles. The molecule has 0 spiro atoms. The van der Waals surface area contributed by atoms with Gasteiger partial charge in [0.05, 0.1) is 18.4 Å². The summed E-state index contributed by atoms with van der Waals surface area (Å²) >= 11 is 2.31. The first-order chi connectivity index (χ1) is 8.33. The van der Waals surface area contributed by atoms with E-state index in [-0.39, 0.29) is 0 Å². The van der Waals surface area contributed by atoms with Crippen LogP contribution in [0.1, 0.15) is 11.1 Å². The highest BCUT2D eigenvalue weighted by Crippen LogP contribution is 2.22. The smallest absolute Gasteiger partial charge is 0.0672 e. The van der Waals surface area contributed by atoms with Gasteiger partial charge in [-0.2, -0.15) is 5.10 Å². The Morgan fingerprint density at radius 2 is 1.76 bits per heavy atom. The molecule has 0 aliphatic carbocycles. The molecular formula is C14H11IN2. The van der Waals surface area contributed by atoms with E-state index >= 15 is 0 Å². The van der Waals surface area contributed by atoms with Crippen LogP contribution < -0.4 is 5.01 Å². The number of nitrogens with zero attached hydrogens (tertiary/aromatic N) is 2. The molecule has 0 amide bonds. The van der Waals surface area contributed by atoms with Gasteiger partial charge in [0, 0.05) is 3.57 Å². The third kappa shape index (κ3) is 2.20. The van der Waals surface area contributed by atoms with E-state index in [9.17, 15) is 0 Å². The molecule has 0 bridgehead atoms. The predicted molar refractivity (Wildman–Crippen MR) is 79.4 cm³/mol. The van der Waals surface area contributed by atoms with Gasteiger partial charge in [0.25, 0.3) is 0 Å². The van der Waals surface area contributed by atoms with E-state index in [1.807, 2.05) is 17.3 Å². The number of halogens is 1. The lowest BCUT2D eigenvalue weighted by Crippen LogP contribution is -2.20. The van der Waals surface area contributed by atoms with Crippen molar-refractivity contribution in [3.8, 4) is 0 Å². The molecule has 17 heavy (non-hydrogen) atoms. The maximum Gasteiger partial charge on any atom is 0.0672 e. The summed E-state index contributed by atoms with van der Waals surface area (Å²) in [7, 11) is 0. The van der Waals surface area contributed by atoms with E-state index in [1.54, 1.807) is 0 Å². The summed E-state index contributed by atoms with van der Waals surface area (Å²) in [5.74, 6) is 0. The van der Waals surface area contributed by atoms with Crippen LogP contribution in [0.2, 0.25) is 0 Å². The van der Waals surface area contributed by atoms with Crippen molar-refractivity contribution in [3.05, 3.63) is 63.2 Å². The lowest BCUT2D eigenvalue weighted by Gasteiger charge is -2.23. The van der Waals surface area contributed by atoms with E-state index in [1.165, 1.54) is 14.7 Å².